The van der Waals surface area contributed by atoms with Crippen molar-refractivity contribution in [3.05, 3.63) is 33.6 Å². The van der Waals surface area contributed by atoms with E-state index >= 15 is 0 Å². The van der Waals surface area contributed by atoms with Crippen LogP contribution in [0.3, 0.4) is 0 Å². The summed E-state index contributed by atoms with van der Waals surface area (Å²) in [5, 5.41) is 17.4. The first-order chi connectivity index (χ1) is 10.3. The van der Waals surface area contributed by atoms with E-state index in [2.05, 4.69) is 15.5 Å². The second-order valence-corrected chi connectivity index (χ2v) is 6.71. The molecule has 0 saturated heterocycles. The van der Waals surface area contributed by atoms with Crippen LogP contribution < -0.4 is 5.32 Å². The Hall–Kier alpha value is -2.22. The number of amides is 1. The van der Waals surface area contributed by atoms with Gasteiger partial charge in [0, 0.05) is 29.8 Å². The van der Waals surface area contributed by atoms with Crippen molar-refractivity contribution in [2.24, 2.45) is 0 Å². The highest BCUT2D eigenvalue weighted by Gasteiger charge is 2.22. The normalized spacial score (nSPS) is 11.4. The topological polar surface area (TPSA) is 105 Å². The molecule has 0 aliphatic rings. The van der Waals surface area contributed by atoms with Crippen LogP contribution in [0, 0.1) is 0 Å². The van der Waals surface area contributed by atoms with Crippen LogP contribution in [-0.2, 0) is 11.8 Å². The van der Waals surface area contributed by atoms with Gasteiger partial charge in [-0.1, -0.05) is 25.9 Å². The molecule has 0 fully saturated rings. The summed E-state index contributed by atoms with van der Waals surface area (Å²) in [4.78, 5) is 26.6. The third kappa shape index (κ3) is 3.91. The van der Waals surface area contributed by atoms with E-state index in [9.17, 15) is 9.59 Å². The Morgan fingerprint density at radius 2 is 2.09 bits per heavy atom. The number of aromatic carboxylic acids is 1. The lowest BCUT2D eigenvalue weighted by Crippen LogP contribution is -2.26. The Morgan fingerprint density at radius 3 is 2.64 bits per heavy atom. The number of aromatic nitrogens is 2. The largest absolute Gasteiger partial charge is 0.476 e. The Morgan fingerprint density at radius 1 is 1.36 bits per heavy atom. The first-order valence-corrected chi connectivity index (χ1v) is 7.58. The van der Waals surface area contributed by atoms with Gasteiger partial charge in [-0.05, 0) is 0 Å². The van der Waals surface area contributed by atoms with Crippen molar-refractivity contribution < 1.29 is 19.2 Å². The molecular weight excluding hydrogens is 306 g/mol. The molecule has 0 atom stereocenters. The zero-order chi connectivity index (χ0) is 16.3. The van der Waals surface area contributed by atoms with Gasteiger partial charge < -0.3 is 14.9 Å². The fourth-order valence-electron chi connectivity index (χ4n) is 1.63. The third-order valence-electron chi connectivity index (χ3n) is 2.88. The van der Waals surface area contributed by atoms with Crippen molar-refractivity contribution in [3.8, 4) is 0 Å². The SMILES string of the molecule is CC(C)(C)c1cc(C(=O)NCCc2nc(C(=O)O)cs2)no1. The van der Waals surface area contributed by atoms with Crippen LogP contribution in [-0.4, -0.2) is 33.7 Å². The van der Waals surface area contributed by atoms with Crippen LogP contribution in [0.25, 0.3) is 0 Å². The predicted octanol–water partition coefficient (Wildman–Crippen LogP) is 2.10. The number of hydrogen-bond acceptors (Lipinski definition) is 6. The lowest BCUT2D eigenvalue weighted by atomic mass is 9.93. The number of nitrogens with one attached hydrogen (secondary N) is 1. The van der Waals surface area contributed by atoms with E-state index in [1.54, 1.807) is 6.07 Å². The second kappa shape index (κ2) is 6.27. The Kier molecular flexibility index (Phi) is 4.60. The molecule has 0 unspecified atom stereocenters. The van der Waals surface area contributed by atoms with Crippen LogP contribution >= 0.6 is 11.3 Å². The number of carbonyl (C=O) groups excluding carboxylic acids is 1. The van der Waals surface area contributed by atoms with Crippen LogP contribution in [0.5, 0.6) is 0 Å². The lowest BCUT2D eigenvalue weighted by molar-refractivity contribution is 0.0690. The van der Waals surface area contributed by atoms with Gasteiger partial charge in [0.05, 0.1) is 5.01 Å². The molecule has 118 valence electrons. The fourth-order valence-corrected chi connectivity index (χ4v) is 2.41. The summed E-state index contributed by atoms with van der Waals surface area (Å²) in [6.45, 7) is 6.26. The minimum absolute atomic E-state index is 0.0256. The zero-order valence-corrected chi connectivity index (χ0v) is 13.4. The summed E-state index contributed by atoms with van der Waals surface area (Å²) in [6, 6.07) is 1.63. The quantitative estimate of drug-likeness (QED) is 0.873. The number of carboxylic acid groups (broad SMARTS) is 1. The van der Waals surface area contributed by atoms with Gasteiger partial charge in [0.15, 0.2) is 11.4 Å². The Balaban J connectivity index is 1.87. The van der Waals surface area contributed by atoms with E-state index in [4.69, 9.17) is 9.63 Å². The number of carboxylic acids is 1. The average molecular weight is 323 g/mol. The Bertz CT molecular complexity index is 684. The molecule has 2 aromatic rings. The van der Waals surface area contributed by atoms with Gasteiger partial charge in [-0.25, -0.2) is 9.78 Å². The summed E-state index contributed by atoms with van der Waals surface area (Å²) in [7, 11) is 0. The van der Waals surface area contributed by atoms with Crippen LogP contribution in [0.2, 0.25) is 0 Å². The standard InChI is InChI=1S/C14H17N3O4S/c1-14(2,3)10-6-8(17-21-10)12(18)15-5-4-11-16-9(7-22-11)13(19)20/h6-7H,4-5H2,1-3H3,(H,15,18)(H,19,20). The molecule has 22 heavy (non-hydrogen) atoms. The molecule has 0 saturated carbocycles. The summed E-state index contributed by atoms with van der Waals surface area (Å²) in [5.41, 5.74) is 0.0487. The molecule has 0 spiro atoms. The van der Waals surface area contributed by atoms with E-state index in [1.807, 2.05) is 20.8 Å². The number of nitrogens with zero attached hydrogens (tertiary/aromatic N) is 2. The molecule has 2 aromatic heterocycles. The van der Waals surface area contributed by atoms with E-state index < -0.39 is 5.97 Å². The highest BCUT2D eigenvalue weighted by molar-refractivity contribution is 7.09. The molecule has 1 amide bonds. The van der Waals surface area contributed by atoms with Crippen LogP contribution in [0.1, 0.15) is 52.5 Å². The molecule has 7 nitrogen and oxygen atoms in total. The molecular formula is C14H17N3O4S. The summed E-state index contributed by atoms with van der Waals surface area (Å²) in [5.74, 6) is -0.734. The van der Waals surface area contributed by atoms with Gasteiger partial charge in [0.1, 0.15) is 5.76 Å². The number of rotatable bonds is 5. The van der Waals surface area contributed by atoms with Crippen molar-refractivity contribution in [3.63, 3.8) is 0 Å². The minimum atomic E-state index is -1.05. The molecule has 2 rings (SSSR count). The maximum atomic E-state index is 11.9. The molecule has 8 heteroatoms. The molecule has 0 aliphatic carbocycles. The smallest absolute Gasteiger partial charge is 0.355 e. The minimum Gasteiger partial charge on any atom is -0.476 e. The number of carbonyl (C=O) groups is 2. The highest BCUT2D eigenvalue weighted by Crippen LogP contribution is 2.22. The maximum Gasteiger partial charge on any atom is 0.355 e. The summed E-state index contributed by atoms with van der Waals surface area (Å²) in [6.07, 6.45) is 0.466. The van der Waals surface area contributed by atoms with Crippen molar-refractivity contribution in [1.29, 1.82) is 0 Å². The van der Waals surface area contributed by atoms with E-state index in [1.165, 1.54) is 16.7 Å². The molecule has 2 heterocycles. The van der Waals surface area contributed by atoms with Gasteiger partial charge in [-0.15, -0.1) is 11.3 Å². The third-order valence-corrected chi connectivity index (χ3v) is 3.79. The predicted molar refractivity (Wildman–Crippen MR) is 80.3 cm³/mol. The molecule has 2 N–H and O–H groups in total. The number of thiazole rings is 1. The van der Waals surface area contributed by atoms with Gasteiger partial charge in [-0.2, -0.15) is 0 Å². The van der Waals surface area contributed by atoms with Crippen molar-refractivity contribution in [2.45, 2.75) is 32.6 Å². The molecule has 0 aromatic carbocycles. The van der Waals surface area contributed by atoms with Crippen LogP contribution in [0.4, 0.5) is 0 Å². The first kappa shape index (κ1) is 16.2. The molecule has 0 aliphatic heterocycles. The fraction of sp³-hybridized carbons (Fsp3) is 0.429. The maximum absolute atomic E-state index is 11.9. The first-order valence-electron chi connectivity index (χ1n) is 6.70. The monoisotopic (exact) mass is 323 g/mol. The van der Waals surface area contributed by atoms with E-state index in [0.717, 1.165) is 0 Å². The summed E-state index contributed by atoms with van der Waals surface area (Å²) < 4.78 is 5.16. The number of hydrogen-bond donors (Lipinski definition) is 2. The second-order valence-electron chi connectivity index (χ2n) is 5.76. The average Bonchev–Trinajstić information content (AvgIpc) is 3.07. The van der Waals surface area contributed by atoms with Gasteiger partial charge >= 0.3 is 5.97 Å². The van der Waals surface area contributed by atoms with Crippen molar-refractivity contribution in [1.82, 2.24) is 15.5 Å². The van der Waals surface area contributed by atoms with E-state index in [-0.39, 0.29) is 22.7 Å². The summed E-state index contributed by atoms with van der Waals surface area (Å²) >= 11 is 1.26. The highest BCUT2D eigenvalue weighted by atomic mass is 32.1. The van der Waals surface area contributed by atoms with Crippen molar-refractivity contribution in [2.75, 3.05) is 6.54 Å². The van der Waals surface area contributed by atoms with Crippen LogP contribution in [0.15, 0.2) is 16.0 Å². The molecule has 0 bridgehead atoms. The van der Waals surface area contributed by atoms with E-state index in [0.29, 0.717) is 23.7 Å². The lowest BCUT2D eigenvalue weighted by Gasteiger charge is -2.12. The molecule has 0 radical (unpaired) electrons. The van der Waals surface area contributed by atoms with Gasteiger partial charge in [0.25, 0.3) is 5.91 Å². The zero-order valence-electron chi connectivity index (χ0n) is 12.5. The van der Waals surface area contributed by atoms with Crippen molar-refractivity contribution >= 4 is 23.2 Å². The van der Waals surface area contributed by atoms with Gasteiger partial charge in [-0.3, -0.25) is 4.79 Å². The Labute approximate surface area is 131 Å². The van der Waals surface area contributed by atoms with Gasteiger partial charge in [0.2, 0.25) is 0 Å².